The van der Waals surface area contributed by atoms with Gasteiger partial charge in [0, 0.05) is 37.3 Å². The van der Waals surface area contributed by atoms with Crippen molar-refractivity contribution < 1.29 is 19.8 Å². The van der Waals surface area contributed by atoms with E-state index in [-0.39, 0.29) is 30.0 Å². The maximum Gasteiger partial charge on any atom is 0.291 e. The van der Waals surface area contributed by atoms with Crippen LogP contribution in [-0.2, 0) is 11.3 Å². The minimum absolute atomic E-state index is 0.0315. The maximum atomic E-state index is 13.0. The second-order valence-corrected chi connectivity index (χ2v) is 9.43. The van der Waals surface area contributed by atoms with Crippen LogP contribution < -0.4 is 10.9 Å². The normalized spacial score (nSPS) is 21.2. The lowest BCUT2D eigenvalue weighted by atomic mass is 10.1. The Labute approximate surface area is 185 Å². The van der Waals surface area contributed by atoms with Crippen LogP contribution in [0.25, 0.3) is 11.7 Å². The van der Waals surface area contributed by atoms with Crippen LogP contribution in [0.15, 0.2) is 17.1 Å². The molecular formula is C22H29N5O5. The molecule has 0 bridgehead atoms. The molecule has 10 nitrogen and oxygen atoms in total. The molecule has 1 aliphatic heterocycles. The summed E-state index contributed by atoms with van der Waals surface area (Å²) in [6.07, 6.45) is 6.55. The van der Waals surface area contributed by atoms with Crippen molar-refractivity contribution in [3.05, 3.63) is 33.8 Å². The molecule has 0 aromatic carbocycles. The predicted molar refractivity (Wildman–Crippen MR) is 117 cm³/mol. The van der Waals surface area contributed by atoms with Gasteiger partial charge in [-0.1, -0.05) is 13.8 Å². The van der Waals surface area contributed by atoms with Gasteiger partial charge in [-0.25, -0.2) is 0 Å². The number of carbonyl (C=O) groups excluding carboxylic acids is 2. The van der Waals surface area contributed by atoms with E-state index in [1.165, 1.54) is 22.9 Å². The van der Waals surface area contributed by atoms with Gasteiger partial charge in [0.25, 0.3) is 11.5 Å². The number of hydrogen-bond donors (Lipinski definition) is 3. The van der Waals surface area contributed by atoms with Crippen molar-refractivity contribution in [1.29, 1.82) is 0 Å². The molecule has 1 atom stereocenters. The molecule has 0 radical (unpaired) electrons. The zero-order valence-electron chi connectivity index (χ0n) is 18.5. The lowest BCUT2D eigenvalue weighted by Gasteiger charge is -2.18. The Morgan fingerprint density at radius 3 is 2.69 bits per heavy atom. The Hall–Kier alpha value is -3.14. The largest absolute Gasteiger partial charge is 0.494 e. The fourth-order valence-corrected chi connectivity index (χ4v) is 3.95. The van der Waals surface area contributed by atoms with Crippen molar-refractivity contribution >= 4 is 23.5 Å². The van der Waals surface area contributed by atoms with Crippen LogP contribution in [0.1, 0.15) is 56.0 Å². The highest BCUT2D eigenvalue weighted by atomic mass is 16.3. The molecule has 2 aromatic heterocycles. The smallest absolute Gasteiger partial charge is 0.291 e. The van der Waals surface area contributed by atoms with Crippen LogP contribution in [-0.4, -0.2) is 65.8 Å². The van der Waals surface area contributed by atoms with Crippen LogP contribution >= 0.6 is 0 Å². The number of likely N-dealkylation sites (tertiary alicyclic amines) is 1. The van der Waals surface area contributed by atoms with Gasteiger partial charge < -0.3 is 20.4 Å². The van der Waals surface area contributed by atoms with Crippen molar-refractivity contribution in [1.82, 2.24) is 24.4 Å². The van der Waals surface area contributed by atoms with Crippen molar-refractivity contribution in [2.75, 3.05) is 13.1 Å². The highest BCUT2D eigenvalue weighted by Crippen LogP contribution is 2.25. The quantitative estimate of drug-likeness (QED) is 0.565. The Balaban J connectivity index is 1.74. The first-order chi connectivity index (χ1) is 15.1. The van der Waals surface area contributed by atoms with Gasteiger partial charge in [0.2, 0.25) is 11.8 Å². The number of amides is 2. The summed E-state index contributed by atoms with van der Waals surface area (Å²) >= 11 is 0. The van der Waals surface area contributed by atoms with Crippen LogP contribution in [0.5, 0.6) is 5.88 Å². The number of nitrogens with one attached hydrogen (secondary N) is 1. The Bertz CT molecular complexity index is 1160. The molecule has 1 unspecified atom stereocenters. The van der Waals surface area contributed by atoms with Gasteiger partial charge >= 0.3 is 0 Å². The number of nitrogens with zero attached hydrogens (tertiary/aromatic N) is 4. The van der Waals surface area contributed by atoms with Crippen molar-refractivity contribution in [3.8, 4) is 5.88 Å². The first-order valence-corrected chi connectivity index (χ1v) is 10.9. The number of aromatic hydroxyl groups is 1. The Morgan fingerprint density at radius 2 is 2.09 bits per heavy atom. The summed E-state index contributed by atoms with van der Waals surface area (Å²) in [6, 6.07) is 0.0315. The van der Waals surface area contributed by atoms with E-state index in [2.05, 4.69) is 10.4 Å². The van der Waals surface area contributed by atoms with E-state index in [1.54, 1.807) is 11.8 Å². The summed E-state index contributed by atoms with van der Waals surface area (Å²) in [4.78, 5) is 39.7. The fraction of sp³-hybridized carbons (Fsp3) is 0.545. The summed E-state index contributed by atoms with van der Waals surface area (Å²) in [5.41, 5.74) is -1.17. The molecular weight excluding hydrogens is 414 g/mol. The molecule has 2 aliphatic rings. The van der Waals surface area contributed by atoms with E-state index < -0.39 is 22.9 Å². The van der Waals surface area contributed by atoms with Gasteiger partial charge in [-0.05, 0) is 38.2 Å². The van der Waals surface area contributed by atoms with E-state index in [4.69, 9.17) is 0 Å². The number of hydrogen-bond acceptors (Lipinski definition) is 6. The Morgan fingerprint density at radius 1 is 1.38 bits per heavy atom. The number of β-amino-alcohol motifs (C(OH)–C–C–N with tert-alkyl or cyclic N) is 1. The summed E-state index contributed by atoms with van der Waals surface area (Å²) in [5.74, 6) is -1.18. The van der Waals surface area contributed by atoms with E-state index in [0.717, 1.165) is 17.4 Å². The minimum Gasteiger partial charge on any atom is -0.494 e. The van der Waals surface area contributed by atoms with Crippen molar-refractivity contribution in [3.63, 3.8) is 0 Å². The number of carbonyl (C=O) groups is 2. The van der Waals surface area contributed by atoms with Gasteiger partial charge in [-0.3, -0.25) is 19.0 Å². The monoisotopic (exact) mass is 443 g/mol. The van der Waals surface area contributed by atoms with E-state index in [9.17, 15) is 24.6 Å². The summed E-state index contributed by atoms with van der Waals surface area (Å²) in [5, 5.41) is 27.9. The third-order valence-electron chi connectivity index (χ3n) is 5.77. The van der Waals surface area contributed by atoms with E-state index in [0.29, 0.717) is 30.7 Å². The average molecular weight is 444 g/mol. The van der Waals surface area contributed by atoms with E-state index >= 15 is 0 Å². The lowest BCUT2D eigenvalue weighted by Crippen LogP contribution is -2.34. The SMILES string of the molecule is CC(C)Cn1c(O)c(C(=O)NC2CC2)c(=O)n2ncc(/C=C/C(=O)N3CCC(C)(O)C3)c12. The number of aromatic nitrogens is 3. The highest BCUT2D eigenvalue weighted by molar-refractivity contribution is 5.97. The summed E-state index contributed by atoms with van der Waals surface area (Å²) < 4.78 is 2.58. The molecule has 32 heavy (non-hydrogen) atoms. The van der Waals surface area contributed by atoms with Gasteiger partial charge in [0.1, 0.15) is 5.65 Å². The maximum absolute atomic E-state index is 13.0. The summed E-state index contributed by atoms with van der Waals surface area (Å²) in [7, 11) is 0. The van der Waals surface area contributed by atoms with Crippen molar-refractivity contribution in [2.24, 2.45) is 5.92 Å². The Kier molecular flexibility index (Phi) is 5.58. The predicted octanol–water partition coefficient (Wildman–Crippen LogP) is 0.746. The van der Waals surface area contributed by atoms with Gasteiger partial charge in [-0.15, -0.1) is 0 Å². The number of rotatable bonds is 6. The number of fused-ring (bicyclic) bond motifs is 1. The molecule has 172 valence electrons. The highest BCUT2D eigenvalue weighted by Gasteiger charge is 2.33. The van der Waals surface area contributed by atoms with Crippen LogP contribution in [0.2, 0.25) is 0 Å². The second kappa shape index (κ2) is 8.09. The molecule has 1 aliphatic carbocycles. The standard InChI is InChI=1S/C22H29N5O5/c1-13(2)11-26-19-14(4-7-16(28)25-9-8-22(3,32)12-25)10-23-27(19)21(31)17(20(26)30)18(29)24-15-5-6-15/h4,7,10,13,15,30,32H,5-6,8-9,11-12H2,1-3H3,(H,24,29)/b7-4+. The number of aliphatic hydroxyl groups is 1. The van der Waals surface area contributed by atoms with Crippen LogP contribution in [0.3, 0.4) is 0 Å². The third kappa shape index (κ3) is 4.27. The van der Waals surface area contributed by atoms with Crippen LogP contribution in [0, 0.1) is 5.92 Å². The molecule has 2 aromatic rings. The zero-order chi connectivity index (χ0) is 23.2. The molecule has 3 heterocycles. The average Bonchev–Trinajstić information content (AvgIpc) is 3.29. The van der Waals surface area contributed by atoms with Gasteiger partial charge in [0.15, 0.2) is 5.56 Å². The second-order valence-electron chi connectivity index (χ2n) is 9.43. The molecule has 1 saturated heterocycles. The third-order valence-corrected chi connectivity index (χ3v) is 5.77. The van der Waals surface area contributed by atoms with Crippen LogP contribution in [0.4, 0.5) is 0 Å². The van der Waals surface area contributed by atoms with E-state index in [1.807, 2.05) is 13.8 Å². The topological polar surface area (TPSA) is 129 Å². The minimum atomic E-state index is -0.894. The van der Waals surface area contributed by atoms with Gasteiger partial charge in [-0.2, -0.15) is 9.61 Å². The van der Waals surface area contributed by atoms with Crippen molar-refractivity contribution in [2.45, 2.75) is 58.2 Å². The molecule has 2 amide bonds. The lowest BCUT2D eigenvalue weighted by molar-refractivity contribution is -0.125. The van der Waals surface area contributed by atoms with Gasteiger partial charge in [0.05, 0.1) is 11.8 Å². The first kappa shape index (κ1) is 22.1. The first-order valence-electron chi connectivity index (χ1n) is 10.9. The molecule has 3 N–H and O–H groups in total. The molecule has 2 fully saturated rings. The molecule has 1 saturated carbocycles. The molecule has 0 spiro atoms. The zero-order valence-corrected chi connectivity index (χ0v) is 18.5. The fourth-order valence-electron chi connectivity index (χ4n) is 3.95. The summed E-state index contributed by atoms with van der Waals surface area (Å²) in [6.45, 7) is 6.65. The molecule has 10 heteroatoms. The molecule has 4 rings (SSSR count).